The molecule has 10 nitrogen and oxygen atoms in total. The molecule has 10 heteroatoms. The van der Waals surface area contributed by atoms with Crippen molar-refractivity contribution in [2.75, 3.05) is 13.2 Å². The van der Waals surface area contributed by atoms with E-state index < -0.39 is 61.5 Å². The van der Waals surface area contributed by atoms with E-state index in [-0.39, 0.29) is 6.61 Å². The van der Waals surface area contributed by atoms with E-state index in [1.165, 1.54) is 89.9 Å². The van der Waals surface area contributed by atoms with Gasteiger partial charge in [-0.25, -0.2) is 0 Å². The molecule has 310 valence electrons. The van der Waals surface area contributed by atoms with Crippen LogP contribution in [0.1, 0.15) is 168 Å². The fourth-order valence-electron chi connectivity index (χ4n) is 6.49. The van der Waals surface area contributed by atoms with Crippen molar-refractivity contribution >= 4 is 5.91 Å². The molecule has 1 aliphatic heterocycles. The van der Waals surface area contributed by atoms with Gasteiger partial charge in [0.1, 0.15) is 30.5 Å². The third kappa shape index (κ3) is 24.5. The minimum Gasteiger partial charge on any atom is -0.394 e. The Kier molecular flexibility index (Phi) is 31.4. The summed E-state index contributed by atoms with van der Waals surface area (Å²) in [4.78, 5) is 13.0. The fraction of sp³-hybridized carbons (Fsp3) is 0.837. The van der Waals surface area contributed by atoms with E-state index in [4.69, 9.17) is 9.47 Å². The van der Waals surface area contributed by atoms with Crippen molar-refractivity contribution in [3.63, 3.8) is 0 Å². The van der Waals surface area contributed by atoms with Crippen LogP contribution in [-0.4, -0.2) is 98.7 Å². The number of carbonyl (C=O) groups excluding carboxylic acids is 1. The topological polar surface area (TPSA) is 169 Å². The molecular weight excluding hydrogens is 674 g/mol. The van der Waals surface area contributed by atoms with Gasteiger partial charge in [0.25, 0.3) is 0 Å². The zero-order valence-corrected chi connectivity index (χ0v) is 33.4. The Morgan fingerprint density at radius 1 is 0.642 bits per heavy atom. The van der Waals surface area contributed by atoms with Crippen LogP contribution in [0.25, 0.3) is 0 Å². The number of hydrogen-bond donors (Lipinski definition) is 7. The summed E-state index contributed by atoms with van der Waals surface area (Å²) in [7, 11) is 0. The van der Waals surface area contributed by atoms with Crippen LogP contribution in [0, 0.1) is 0 Å². The van der Waals surface area contributed by atoms with Gasteiger partial charge in [0, 0.05) is 0 Å². The molecule has 0 aromatic heterocycles. The number of amides is 1. The molecule has 53 heavy (non-hydrogen) atoms. The summed E-state index contributed by atoms with van der Waals surface area (Å²) in [6.45, 7) is 3.53. The highest BCUT2D eigenvalue weighted by Crippen LogP contribution is 2.22. The zero-order chi connectivity index (χ0) is 38.9. The molecule has 0 spiro atoms. The molecule has 8 unspecified atom stereocenters. The summed E-state index contributed by atoms with van der Waals surface area (Å²) in [6, 6.07) is -0.999. The van der Waals surface area contributed by atoms with Gasteiger partial charge >= 0.3 is 0 Å². The van der Waals surface area contributed by atoms with Gasteiger partial charge in [0.15, 0.2) is 6.29 Å². The van der Waals surface area contributed by atoms with Crippen molar-refractivity contribution in [2.24, 2.45) is 0 Å². The minimum absolute atomic E-state index is 0.303. The largest absolute Gasteiger partial charge is 0.394 e. The summed E-state index contributed by atoms with van der Waals surface area (Å²) in [5.41, 5.74) is 0. The molecule has 1 saturated heterocycles. The van der Waals surface area contributed by atoms with E-state index in [0.717, 1.165) is 44.9 Å². The monoisotopic (exact) mass is 754 g/mol. The Hall–Kier alpha value is -1.63. The Morgan fingerprint density at radius 2 is 1.11 bits per heavy atom. The number of nitrogens with one attached hydrogen (secondary N) is 1. The number of ether oxygens (including phenoxy) is 2. The summed E-state index contributed by atoms with van der Waals surface area (Å²) in [5.74, 6) is -0.632. The Balaban J connectivity index is 2.49. The van der Waals surface area contributed by atoms with Crippen molar-refractivity contribution in [1.29, 1.82) is 0 Å². The highest BCUT2D eigenvalue weighted by Gasteiger charge is 2.44. The zero-order valence-electron chi connectivity index (χ0n) is 33.4. The van der Waals surface area contributed by atoms with E-state index in [1.807, 2.05) is 6.08 Å². The van der Waals surface area contributed by atoms with Crippen LogP contribution in [0.5, 0.6) is 0 Å². The van der Waals surface area contributed by atoms with E-state index in [1.54, 1.807) is 6.08 Å². The molecule has 0 radical (unpaired) electrons. The van der Waals surface area contributed by atoms with Crippen molar-refractivity contribution in [1.82, 2.24) is 5.32 Å². The van der Waals surface area contributed by atoms with Gasteiger partial charge in [-0.2, -0.15) is 0 Å². The van der Waals surface area contributed by atoms with Gasteiger partial charge in [0.2, 0.25) is 5.91 Å². The lowest BCUT2D eigenvalue weighted by Crippen LogP contribution is -2.60. The van der Waals surface area contributed by atoms with Crippen LogP contribution < -0.4 is 5.32 Å². The lowest BCUT2D eigenvalue weighted by atomic mass is 9.99. The quantitative estimate of drug-likeness (QED) is 0.0268. The number of aliphatic hydroxyl groups is 6. The maximum absolute atomic E-state index is 13.0. The molecule has 1 aliphatic rings. The van der Waals surface area contributed by atoms with E-state index in [0.29, 0.717) is 19.3 Å². The molecule has 0 bridgehead atoms. The van der Waals surface area contributed by atoms with Gasteiger partial charge in [-0.3, -0.25) is 4.79 Å². The Bertz CT molecular complexity index is 943. The van der Waals surface area contributed by atoms with Crippen molar-refractivity contribution < 1.29 is 44.9 Å². The number of allylic oxidation sites excluding steroid dienone is 5. The van der Waals surface area contributed by atoms with Crippen LogP contribution in [0.3, 0.4) is 0 Å². The summed E-state index contributed by atoms with van der Waals surface area (Å²) in [6.07, 6.45) is 29.5. The third-order valence-corrected chi connectivity index (χ3v) is 10.1. The first-order valence-electron chi connectivity index (χ1n) is 21.3. The molecule has 7 N–H and O–H groups in total. The van der Waals surface area contributed by atoms with Gasteiger partial charge in [0.05, 0.1) is 25.4 Å². The molecule has 1 fully saturated rings. The van der Waals surface area contributed by atoms with Gasteiger partial charge in [-0.1, -0.05) is 159 Å². The second-order valence-corrected chi connectivity index (χ2v) is 14.9. The summed E-state index contributed by atoms with van der Waals surface area (Å²) < 4.78 is 11.1. The number of unbranched alkanes of at least 4 members (excludes halogenated alkanes) is 19. The normalized spacial score (nSPS) is 22.6. The van der Waals surface area contributed by atoms with Crippen molar-refractivity contribution in [2.45, 2.75) is 217 Å². The number of carbonyl (C=O) groups is 1. The first kappa shape index (κ1) is 49.4. The molecular formula is C43H79NO9. The first-order chi connectivity index (χ1) is 25.8. The fourth-order valence-corrected chi connectivity index (χ4v) is 6.49. The smallest absolute Gasteiger partial charge is 0.249 e. The van der Waals surface area contributed by atoms with Gasteiger partial charge < -0.3 is 45.4 Å². The number of aliphatic hydroxyl groups excluding tert-OH is 6. The standard InChI is InChI=1S/C43H79NO9/c1-3-5-7-9-11-13-15-17-18-20-22-24-26-28-30-32-37(47)42(51)44-35(34-52-43-41(50)40(49)39(48)38(33-45)53-43)36(46)31-29-27-25-23-21-19-16-14-12-10-8-6-4-2/h12,14,21,23,29,31,35-41,43,45-50H,3-11,13,15-20,22,24-28,30,32-34H2,1-2H3,(H,44,51)/b14-12+,23-21+,31-29+. The van der Waals surface area contributed by atoms with Gasteiger partial charge in [-0.15, -0.1) is 0 Å². The molecule has 0 aliphatic carbocycles. The average molecular weight is 754 g/mol. The minimum atomic E-state index is -1.62. The lowest BCUT2D eigenvalue weighted by molar-refractivity contribution is -0.302. The number of hydrogen-bond acceptors (Lipinski definition) is 9. The van der Waals surface area contributed by atoms with Crippen LogP contribution in [0.2, 0.25) is 0 Å². The predicted molar refractivity (Wildman–Crippen MR) is 213 cm³/mol. The average Bonchev–Trinajstić information content (AvgIpc) is 3.16. The Labute approximate surface area is 322 Å². The maximum Gasteiger partial charge on any atom is 0.249 e. The van der Waals surface area contributed by atoms with Crippen LogP contribution in [-0.2, 0) is 14.3 Å². The number of rotatable bonds is 34. The first-order valence-corrected chi connectivity index (χ1v) is 21.3. The molecule has 0 saturated carbocycles. The van der Waals surface area contributed by atoms with Crippen LogP contribution in [0.15, 0.2) is 36.5 Å². The molecule has 1 amide bonds. The van der Waals surface area contributed by atoms with E-state index in [9.17, 15) is 35.4 Å². The summed E-state index contributed by atoms with van der Waals surface area (Å²) in [5, 5.41) is 64.4. The third-order valence-electron chi connectivity index (χ3n) is 10.1. The van der Waals surface area contributed by atoms with E-state index in [2.05, 4.69) is 43.5 Å². The van der Waals surface area contributed by atoms with Crippen molar-refractivity contribution in [3.8, 4) is 0 Å². The predicted octanol–water partition coefficient (Wildman–Crippen LogP) is 7.08. The summed E-state index contributed by atoms with van der Waals surface area (Å²) >= 11 is 0. The maximum atomic E-state index is 13.0. The second-order valence-electron chi connectivity index (χ2n) is 14.9. The van der Waals surface area contributed by atoms with Crippen LogP contribution >= 0.6 is 0 Å². The molecule has 1 heterocycles. The highest BCUT2D eigenvalue weighted by molar-refractivity contribution is 5.80. The Morgan fingerprint density at radius 3 is 1.64 bits per heavy atom. The van der Waals surface area contributed by atoms with Gasteiger partial charge in [-0.05, 0) is 44.9 Å². The van der Waals surface area contributed by atoms with Crippen molar-refractivity contribution in [3.05, 3.63) is 36.5 Å². The molecule has 0 aromatic rings. The lowest BCUT2D eigenvalue weighted by Gasteiger charge is -2.40. The molecule has 1 rings (SSSR count). The molecule has 0 aromatic carbocycles. The molecule has 8 atom stereocenters. The SMILES string of the molecule is CCCCC/C=C/CC/C=C/CC/C=C/C(O)C(COC1OC(CO)C(O)C(O)C1O)NC(=O)C(O)CCCCCCCCCCCCCCCCC. The highest BCUT2D eigenvalue weighted by atomic mass is 16.7. The van der Waals surface area contributed by atoms with Crippen LogP contribution in [0.4, 0.5) is 0 Å². The second kappa shape index (κ2) is 33.7. The van der Waals surface area contributed by atoms with E-state index >= 15 is 0 Å².